The van der Waals surface area contributed by atoms with Gasteiger partial charge in [-0.15, -0.1) is 0 Å². The van der Waals surface area contributed by atoms with Crippen molar-refractivity contribution in [3.63, 3.8) is 0 Å². The standard InChI is InChI=1S/C50H36N4/c1-3-37-38(4-2)48-42-24-14-16-26-46(42)54(36-28-30-44(52-32-36)34-19-9-6-10-20-34)50(48)40-22-12-11-21-39(40)49-47(37)41-23-13-15-25-45(41)53(49)35-27-29-43(51-31-35)33-17-7-5-8-18-33/h3-31,36H,1-2,32H2/b38-37-,47-37?,48-38?,49-39?,50-40?. The molecule has 0 bridgehead atoms. The Balaban J connectivity index is 1.27. The zero-order chi connectivity index (χ0) is 36.2. The number of pyridine rings is 1. The first-order valence-corrected chi connectivity index (χ1v) is 18.4. The first-order valence-electron chi connectivity index (χ1n) is 18.4. The van der Waals surface area contributed by atoms with Gasteiger partial charge in [-0.1, -0.05) is 153 Å². The van der Waals surface area contributed by atoms with Crippen molar-refractivity contribution < 1.29 is 0 Å². The Labute approximate surface area is 314 Å². The monoisotopic (exact) mass is 692 g/mol. The van der Waals surface area contributed by atoms with Gasteiger partial charge in [0.25, 0.3) is 0 Å². The zero-order valence-corrected chi connectivity index (χ0v) is 29.7. The molecule has 0 saturated heterocycles. The number of hydrogen-bond donors (Lipinski definition) is 0. The minimum atomic E-state index is -0.00287. The topological polar surface area (TPSA) is 35.1 Å². The summed E-state index contributed by atoms with van der Waals surface area (Å²) in [5.41, 5.74) is 16.3. The van der Waals surface area contributed by atoms with Gasteiger partial charge in [-0.2, -0.15) is 0 Å². The number of hydrogen-bond acceptors (Lipinski definition) is 2. The van der Waals surface area contributed by atoms with E-state index < -0.39 is 0 Å². The highest BCUT2D eigenvalue weighted by molar-refractivity contribution is 6.19. The van der Waals surface area contributed by atoms with Crippen LogP contribution in [0.15, 0.2) is 194 Å². The van der Waals surface area contributed by atoms with Crippen LogP contribution in [0.4, 0.5) is 0 Å². The van der Waals surface area contributed by atoms with Crippen LogP contribution in [-0.2, 0) is 0 Å². The van der Waals surface area contributed by atoms with Crippen molar-refractivity contribution >= 4 is 38.7 Å². The molecule has 3 aromatic heterocycles. The average molecular weight is 693 g/mol. The van der Waals surface area contributed by atoms with Gasteiger partial charge in [0, 0.05) is 44.1 Å². The smallest absolute Gasteiger partial charge is 0.0722 e. The summed E-state index contributed by atoms with van der Waals surface area (Å²) < 4.78 is 4.88. The molecule has 0 N–H and O–H groups in total. The van der Waals surface area contributed by atoms with E-state index in [1.54, 1.807) is 0 Å². The molecule has 1 aliphatic heterocycles. The SMILES string of the molecule is C=C/C1=C(\C=C)c2c(n(C3C=CC(c4ccccc4)=NC3)c3ccccc23)-c2ccccc2-c2c1c1ccccc1n2-c1ccc(-c2ccccc2)nc1. The lowest BCUT2D eigenvalue weighted by atomic mass is 9.84. The highest BCUT2D eigenvalue weighted by Gasteiger charge is 2.33. The number of fused-ring (bicyclic) bond motifs is 9. The number of aliphatic imine (C=N–C) groups is 1. The number of benzene rings is 5. The second-order valence-electron chi connectivity index (χ2n) is 13.8. The van der Waals surface area contributed by atoms with Crippen molar-refractivity contribution in [2.75, 3.05) is 6.54 Å². The molecule has 1 atom stereocenters. The Morgan fingerprint density at radius 1 is 0.574 bits per heavy atom. The first-order chi connectivity index (χ1) is 26.7. The first kappa shape index (κ1) is 31.7. The molecule has 0 spiro atoms. The van der Waals surface area contributed by atoms with E-state index in [-0.39, 0.29) is 6.04 Å². The number of rotatable bonds is 6. The lowest BCUT2D eigenvalue weighted by Gasteiger charge is -2.26. The normalized spacial score (nSPS) is 16.2. The Kier molecular flexibility index (Phi) is 7.55. The molecule has 8 aromatic rings. The van der Waals surface area contributed by atoms with Crippen LogP contribution in [0, 0.1) is 0 Å². The number of aromatic nitrogens is 3. The molecule has 54 heavy (non-hydrogen) atoms. The van der Waals surface area contributed by atoms with Crippen LogP contribution in [0.1, 0.15) is 22.7 Å². The second-order valence-corrected chi connectivity index (χ2v) is 13.8. The summed E-state index contributed by atoms with van der Waals surface area (Å²) in [5, 5.41) is 2.32. The molecule has 10 rings (SSSR count). The molecular formula is C50H36N4. The molecule has 2 aliphatic rings. The van der Waals surface area contributed by atoms with E-state index in [1.165, 1.54) is 5.39 Å². The zero-order valence-electron chi connectivity index (χ0n) is 29.7. The van der Waals surface area contributed by atoms with Gasteiger partial charge in [0.05, 0.1) is 52.8 Å². The maximum absolute atomic E-state index is 5.16. The van der Waals surface area contributed by atoms with Crippen LogP contribution >= 0.6 is 0 Å². The fourth-order valence-electron chi connectivity index (χ4n) is 8.54. The van der Waals surface area contributed by atoms with E-state index in [2.05, 4.69) is 168 Å². The van der Waals surface area contributed by atoms with Gasteiger partial charge in [0.2, 0.25) is 0 Å². The van der Waals surface area contributed by atoms with Crippen LogP contribution < -0.4 is 0 Å². The van der Waals surface area contributed by atoms with Gasteiger partial charge in [-0.05, 0) is 47.1 Å². The van der Waals surface area contributed by atoms with Gasteiger partial charge in [0.1, 0.15) is 0 Å². The van der Waals surface area contributed by atoms with Crippen molar-refractivity contribution in [3.8, 4) is 39.5 Å². The third kappa shape index (κ3) is 4.84. The van der Waals surface area contributed by atoms with Crippen LogP contribution in [0.2, 0.25) is 0 Å². The molecule has 0 fully saturated rings. The van der Waals surface area contributed by atoms with Crippen LogP contribution in [-0.4, -0.2) is 26.4 Å². The van der Waals surface area contributed by atoms with Gasteiger partial charge >= 0.3 is 0 Å². The van der Waals surface area contributed by atoms with Crippen molar-refractivity contribution in [3.05, 3.63) is 206 Å². The number of para-hydroxylation sites is 2. The van der Waals surface area contributed by atoms with Crippen molar-refractivity contribution in [1.29, 1.82) is 0 Å². The van der Waals surface area contributed by atoms with E-state index in [4.69, 9.17) is 9.98 Å². The Morgan fingerprint density at radius 2 is 1.15 bits per heavy atom. The summed E-state index contributed by atoms with van der Waals surface area (Å²) in [6, 6.07) is 51.4. The molecule has 0 radical (unpaired) electrons. The summed E-state index contributed by atoms with van der Waals surface area (Å²) in [5.74, 6) is 0. The predicted molar refractivity (Wildman–Crippen MR) is 226 cm³/mol. The third-order valence-corrected chi connectivity index (χ3v) is 10.9. The van der Waals surface area contributed by atoms with E-state index in [0.717, 1.165) is 89.4 Å². The van der Waals surface area contributed by atoms with Gasteiger partial charge in [0.15, 0.2) is 0 Å². The average Bonchev–Trinajstić information content (AvgIpc) is 3.76. The van der Waals surface area contributed by atoms with E-state index in [0.29, 0.717) is 6.54 Å². The molecular weight excluding hydrogens is 657 g/mol. The van der Waals surface area contributed by atoms with Crippen molar-refractivity contribution in [2.24, 2.45) is 4.99 Å². The second kappa shape index (κ2) is 12.9. The van der Waals surface area contributed by atoms with E-state index >= 15 is 0 Å². The van der Waals surface area contributed by atoms with Gasteiger partial charge in [-0.25, -0.2) is 0 Å². The van der Waals surface area contributed by atoms with Crippen molar-refractivity contribution in [1.82, 2.24) is 14.1 Å². The number of nitrogens with zero attached hydrogens (tertiary/aromatic N) is 4. The van der Waals surface area contributed by atoms with Gasteiger partial charge < -0.3 is 9.13 Å². The highest BCUT2D eigenvalue weighted by Crippen LogP contribution is 2.52. The fourth-order valence-corrected chi connectivity index (χ4v) is 8.54. The fraction of sp³-hybridized carbons (Fsp3) is 0.0400. The quantitative estimate of drug-likeness (QED) is 0.171. The lowest BCUT2D eigenvalue weighted by molar-refractivity contribution is 0.637. The van der Waals surface area contributed by atoms with Crippen LogP contribution in [0.5, 0.6) is 0 Å². The molecule has 1 aliphatic carbocycles. The molecule has 4 heteroatoms. The molecule has 0 amide bonds. The lowest BCUT2D eigenvalue weighted by Crippen LogP contribution is -2.17. The van der Waals surface area contributed by atoms with Gasteiger partial charge in [-0.3, -0.25) is 9.98 Å². The maximum Gasteiger partial charge on any atom is 0.0722 e. The summed E-state index contributed by atoms with van der Waals surface area (Å²) >= 11 is 0. The summed E-state index contributed by atoms with van der Waals surface area (Å²) in [7, 11) is 0. The molecule has 4 heterocycles. The maximum atomic E-state index is 5.16. The minimum Gasteiger partial charge on any atom is -0.331 e. The van der Waals surface area contributed by atoms with Crippen molar-refractivity contribution in [2.45, 2.75) is 6.04 Å². The highest BCUT2D eigenvalue weighted by atomic mass is 15.1. The Bertz CT molecular complexity index is 2860. The molecule has 0 saturated carbocycles. The number of allylic oxidation sites excluding steroid dienone is 5. The Morgan fingerprint density at radius 3 is 1.78 bits per heavy atom. The summed E-state index contributed by atoms with van der Waals surface area (Å²) in [4.78, 5) is 10.2. The van der Waals surface area contributed by atoms with Crippen LogP contribution in [0.25, 0.3) is 72.4 Å². The van der Waals surface area contributed by atoms with E-state index in [1.807, 2.05) is 30.5 Å². The Hall–Kier alpha value is -7.04. The minimum absolute atomic E-state index is 0.00287. The molecule has 1 unspecified atom stereocenters. The third-order valence-electron chi connectivity index (χ3n) is 10.9. The molecule has 4 nitrogen and oxygen atoms in total. The predicted octanol–water partition coefficient (Wildman–Crippen LogP) is 12.2. The van der Waals surface area contributed by atoms with Crippen LogP contribution in [0.3, 0.4) is 0 Å². The summed E-state index contributed by atoms with van der Waals surface area (Å²) in [6.07, 6.45) is 10.5. The summed E-state index contributed by atoms with van der Waals surface area (Å²) in [6.45, 7) is 9.56. The molecule has 5 aromatic carbocycles. The largest absolute Gasteiger partial charge is 0.331 e. The number of dihydropyridines is 1. The molecule has 256 valence electrons. The van der Waals surface area contributed by atoms with E-state index in [9.17, 15) is 0 Å².